The Morgan fingerprint density at radius 2 is 2.39 bits per heavy atom. The molecule has 1 aliphatic rings. The number of alkyl halides is 1. The van der Waals surface area contributed by atoms with Crippen LogP contribution in [0.2, 0.25) is 0 Å². The van der Waals surface area contributed by atoms with Crippen LogP contribution in [0.1, 0.15) is 5.56 Å². The van der Waals surface area contributed by atoms with Gasteiger partial charge in [0.15, 0.2) is 11.6 Å². The van der Waals surface area contributed by atoms with Crippen LogP contribution in [0.3, 0.4) is 0 Å². The molecule has 1 atom stereocenters. The largest absolute Gasteiger partial charge is 0.494 e. The average Bonchev–Trinajstić information content (AvgIpc) is 2.39. The molecule has 1 aromatic carbocycles. The van der Waals surface area contributed by atoms with E-state index in [0.29, 0.717) is 25.6 Å². The lowest BCUT2D eigenvalue weighted by Gasteiger charge is -2.34. The zero-order valence-electron chi connectivity index (χ0n) is 10.4. The number of morpholine rings is 1. The summed E-state index contributed by atoms with van der Waals surface area (Å²) >= 11 is 5.90. The molecule has 1 aromatic rings. The Hall–Kier alpha value is -0.840. The molecule has 1 unspecified atom stereocenters. The highest BCUT2D eigenvalue weighted by atomic mass is 35.5. The molecule has 5 heteroatoms. The second-order valence-corrected chi connectivity index (χ2v) is 4.63. The van der Waals surface area contributed by atoms with Crippen molar-refractivity contribution < 1.29 is 13.9 Å². The summed E-state index contributed by atoms with van der Waals surface area (Å²) in [6, 6.07) is 5.24. The summed E-state index contributed by atoms with van der Waals surface area (Å²) in [7, 11) is 1.46. The fourth-order valence-corrected chi connectivity index (χ4v) is 2.37. The molecule has 1 aliphatic heterocycles. The lowest BCUT2D eigenvalue weighted by Crippen LogP contribution is -2.45. The highest BCUT2D eigenvalue weighted by Gasteiger charge is 2.22. The van der Waals surface area contributed by atoms with Crippen molar-refractivity contribution >= 4 is 11.6 Å². The van der Waals surface area contributed by atoms with E-state index < -0.39 is 0 Å². The topological polar surface area (TPSA) is 21.7 Å². The van der Waals surface area contributed by atoms with Gasteiger partial charge in [-0.05, 0) is 17.7 Å². The normalized spacial score (nSPS) is 20.9. The first-order valence-electron chi connectivity index (χ1n) is 5.94. The van der Waals surface area contributed by atoms with E-state index in [1.165, 1.54) is 13.2 Å². The number of benzene rings is 1. The van der Waals surface area contributed by atoms with E-state index >= 15 is 0 Å². The zero-order chi connectivity index (χ0) is 13.0. The standard InChI is InChI=1S/C13H17ClFNO2/c1-17-13-3-2-10(6-12(13)15)8-16-4-5-18-9-11(16)7-14/h2-3,6,11H,4-5,7-9H2,1H3. The van der Waals surface area contributed by atoms with Crippen LogP contribution in [-0.2, 0) is 11.3 Å². The Morgan fingerprint density at radius 1 is 1.56 bits per heavy atom. The van der Waals surface area contributed by atoms with E-state index in [2.05, 4.69) is 4.90 Å². The minimum atomic E-state index is -0.328. The minimum absolute atomic E-state index is 0.200. The predicted molar refractivity (Wildman–Crippen MR) is 68.7 cm³/mol. The van der Waals surface area contributed by atoms with Crippen molar-refractivity contribution in [3.05, 3.63) is 29.6 Å². The molecule has 0 aromatic heterocycles. The van der Waals surface area contributed by atoms with E-state index in [-0.39, 0.29) is 17.6 Å². The van der Waals surface area contributed by atoms with E-state index in [9.17, 15) is 4.39 Å². The third-order valence-corrected chi connectivity index (χ3v) is 3.49. The molecule has 2 rings (SSSR count). The van der Waals surface area contributed by atoms with Gasteiger partial charge in [-0.25, -0.2) is 4.39 Å². The van der Waals surface area contributed by atoms with Crippen LogP contribution < -0.4 is 4.74 Å². The van der Waals surface area contributed by atoms with Crippen molar-refractivity contribution in [3.8, 4) is 5.75 Å². The molecule has 0 aliphatic carbocycles. The van der Waals surface area contributed by atoms with E-state index in [0.717, 1.165) is 12.1 Å². The van der Waals surface area contributed by atoms with Crippen LogP contribution in [0.25, 0.3) is 0 Å². The van der Waals surface area contributed by atoms with Crippen LogP contribution >= 0.6 is 11.6 Å². The summed E-state index contributed by atoms with van der Waals surface area (Å²) in [5, 5.41) is 0. The summed E-state index contributed by atoms with van der Waals surface area (Å²) in [5.74, 6) is 0.471. The van der Waals surface area contributed by atoms with Crippen LogP contribution in [0.5, 0.6) is 5.75 Å². The van der Waals surface area contributed by atoms with E-state index in [1.807, 2.05) is 6.07 Å². The predicted octanol–water partition coefficient (Wildman–Crippen LogP) is 2.27. The van der Waals surface area contributed by atoms with Crippen molar-refractivity contribution in [1.82, 2.24) is 4.90 Å². The smallest absolute Gasteiger partial charge is 0.165 e. The third kappa shape index (κ3) is 3.13. The number of methoxy groups -OCH3 is 1. The lowest BCUT2D eigenvalue weighted by atomic mass is 10.1. The SMILES string of the molecule is COc1ccc(CN2CCOCC2CCl)cc1F. The van der Waals surface area contributed by atoms with Gasteiger partial charge in [-0.3, -0.25) is 4.90 Å². The van der Waals surface area contributed by atoms with E-state index in [4.69, 9.17) is 21.1 Å². The van der Waals surface area contributed by atoms with E-state index in [1.54, 1.807) is 6.07 Å². The third-order valence-electron chi connectivity index (χ3n) is 3.13. The number of nitrogens with zero attached hydrogens (tertiary/aromatic N) is 1. The van der Waals surface area contributed by atoms with Crippen LogP contribution in [-0.4, -0.2) is 43.7 Å². The molecule has 0 amide bonds. The van der Waals surface area contributed by atoms with Gasteiger partial charge in [-0.2, -0.15) is 0 Å². The van der Waals surface area contributed by atoms with Gasteiger partial charge >= 0.3 is 0 Å². The molecule has 1 fully saturated rings. The van der Waals surface area contributed by atoms with Crippen molar-refractivity contribution in [2.75, 3.05) is 32.7 Å². The Bertz CT molecular complexity index is 403. The van der Waals surface area contributed by atoms with Crippen LogP contribution in [0.15, 0.2) is 18.2 Å². The Balaban J connectivity index is 2.05. The Morgan fingerprint density at radius 3 is 3.06 bits per heavy atom. The van der Waals surface area contributed by atoms with Crippen molar-refractivity contribution in [1.29, 1.82) is 0 Å². The summed E-state index contributed by atoms with van der Waals surface area (Å²) in [4.78, 5) is 2.22. The second-order valence-electron chi connectivity index (χ2n) is 4.32. The molecule has 0 saturated carbocycles. The molecule has 0 N–H and O–H groups in total. The van der Waals surface area contributed by atoms with Gasteiger partial charge in [0, 0.05) is 25.0 Å². The first-order chi connectivity index (χ1) is 8.74. The molecule has 100 valence electrons. The molecule has 1 heterocycles. The monoisotopic (exact) mass is 273 g/mol. The second kappa shape index (κ2) is 6.36. The number of rotatable bonds is 4. The molecular weight excluding hydrogens is 257 g/mol. The van der Waals surface area contributed by atoms with Gasteiger partial charge in [0.05, 0.1) is 20.3 Å². The maximum absolute atomic E-state index is 13.6. The maximum atomic E-state index is 13.6. The van der Waals surface area contributed by atoms with Crippen molar-refractivity contribution in [2.24, 2.45) is 0 Å². The highest BCUT2D eigenvalue weighted by molar-refractivity contribution is 6.18. The highest BCUT2D eigenvalue weighted by Crippen LogP contribution is 2.20. The zero-order valence-corrected chi connectivity index (χ0v) is 11.1. The number of ether oxygens (including phenoxy) is 2. The Labute approximate surface area is 111 Å². The Kier molecular flexibility index (Phi) is 4.80. The fraction of sp³-hybridized carbons (Fsp3) is 0.538. The van der Waals surface area contributed by atoms with Crippen molar-refractivity contribution in [3.63, 3.8) is 0 Å². The summed E-state index contributed by atoms with van der Waals surface area (Å²) < 4.78 is 23.9. The summed E-state index contributed by atoms with van der Waals surface area (Å²) in [5.41, 5.74) is 0.922. The fourth-order valence-electron chi connectivity index (χ4n) is 2.08. The summed E-state index contributed by atoms with van der Waals surface area (Å²) in [6.07, 6.45) is 0. The maximum Gasteiger partial charge on any atom is 0.165 e. The van der Waals surface area contributed by atoms with Gasteiger partial charge in [0.25, 0.3) is 0 Å². The molecule has 0 radical (unpaired) electrons. The summed E-state index contributed by atoms with van der Waals surface area (Å²) in [6.45, 7) is 2.85. The average molecular weight is 274 g/mol. The lowest BCUT2D eigenvalue weighted by molar-refractivity contribution is -0.00307. The number of hydrogen-bond acceptors (Lipinski definition) is 3. The molecule has 0 spiro atoms. The molecular formula is C13H17ClFNO2. The minimum Gasteiger partial charge on any atom is -0.494 e. The number of hydrogen-bond donors (Lipinski definition) is 0. The van der Waals surface area contributed by atoms with Gasteiger partial charge in [-0.1, -0.05) is 6.07 Å². The molecule has 0 bridgehead atoms. The quantitative estimate of drug-likeness (QED) is 0.786. The first-order valence-corrected chi connectivity index (χ1v) is 6.48. The van der Waals surface area contributed by atoms with Gasteiger partial charge < -0.3 is 9.47 Å². The molecule has 1 saturated heterocycles. The van der Waals surface area contributed by atoms with Crippen LogP contribution in [0, 0.1) is 5.82 Å². The van der Waals surface area contributed by atoms with Gasteiger partial charge in [0.2, 0.25) is 0 Å². The first kappa shape index (κ1) is 13.6. The number of halogens is 2. The van der Waals surface area contributed by atoms with Gasteiger partial charge in [0.1, 0.15) is 0 Å². The van der Waals surface area contributed by atoms with Crippen molar-refractivity contribution in [2.45, 2.75) is 12.6 Å². The molecule has 3 nitrogen and oxygen atoms in total. The van der Waals surface area contributed by atoms with Gasteiger partial charge in [-0.15, -0.1) is 11.6 Å². The molecule has 18 heavy (non-hydrogen) atoms. The van der Waals surface area contributed by atoms with Crippen LogP contribution in [0.4, 0.5) is 4.39 Å².